The molecular formula is C24H21ClN4O3S. The zero-order chi connectivity index (χ0) is 23.6. The molecule has 0 radical (unpaired) electrons. The standard InChI is InChI=1S/C24H21ClN4O3S/c1-3-29(16-17-7-5-4-6-8-17)33(30,31)32-20-11-18(14-27-15-20)24-22(13-26)21-10-9-19(25)12-23(21)28(24)2/h4-12,14-15H,3,16H2,1-2H3. The van der Waals surface area contributed by atoms with Crippen molar-refractivity contribution in [2.24, 2.45) is 7.05 Å². The van der Waals surface area contributed by atoms with Gasteiger partial charge in [-0.15, -0.1) is 0 Å². The van der Waals surface area contributed by atoms with E-state index in [0.717, 1.165) is 16.5 Å². The van der Waals surface area contributed by atoms with E-state index < -0.39 is 10.3 Å². The van der Waals surface area contributed by atoms with Crippen molar-refractivity contribution in [1.82, 2.24) is 13.9 Å². The Balaban J connectivity index is 1.69. The molecule has 0 saturated heterocycles. The summed E-state index contributed by atoms with van der Waals surface area (Å²) in [5.74, 6) is 0.0613. The van der Waals surface area contributed by atoms with Crippen LogP contribution in [0.25, 0.3) is 22.2 Å². The highest BCUT2D eigenvalue weighted by molar-refractivity contribution is 7.84. The van der Waals surface area contributed by atoms with Gasteiger partial charge in [-0.05, 0) is 29.8 Å². The number of hydrogen-bond acceptors (Lipinski definition) is 5. The van der Waals surface area contributed by atoms with Crippen LogP contribution in [0.5, 0.6) is 5.75 Å². The van der Waals surface area contributed by atoms with E-state index in [1.54, 1.807) is 37.4 Å². The van der Waals surface area contributed by atoms with Gasteiger partial charge in [-0.2, -0.15) is 18.0 Å². The van der Waals surface area contributed by atoms with Crippen molar-refractivity contribution in [3.8, 4) is 23.1 Å². The molecule has 0 bridgehead atoms. The highest BCUT2D eigenvalue weighted by Crippen LogP contribution is 2.35. The van der Waals surface area contributed by atoms with E-state index in [4.69, 9.17) is 15.8 Å². The van der Waals surface area contributed by atoms with Crippen LogP contribution in [0, 0.1) is 11.3 Å². The summed E-state index contributed by atoms with van der Waals surface area (Å²) in [5.41, 5.74) is 3.24. The number of rotatable bonds is 7. The van der Waals surface area contributed by atoms with Crippen LogP contribution >= 0.6 is 11.6 Å². The van der Waals surface area contributed by atoms with Crippen molar-refractivity contribution in [3.05, 3.63) is 83.1 Å². The smallest absolute Gasteiger partial charge is 0.369 e. The summed E-state index contributed by atoms with van der Waals surface area (Å²) in [6.45, 7) is 2.18. The van der Waals surface area contributed by atoms with Crippen molar-refractivity contribution < 1.29 is 12.6 Å². The Bertz CT molecular complexity index is 1460. The number of hydrogen-bond donors (Lipinski definition) is 0. The fourth-order valence-electron chi connectivity index (χ4n) is 3.76. The average Bonchev–Trinajstić information content (AvgIpc) is 3.08. The van der Waals surface area contributed by atoms with Gasteiger partial charge < -0.3 is 8.75 Å². The molecule has 0 amide bonds. The van der Waals surface area contributed by atoms with Crippen LogP contribution in [0.4, 0.5) is 0 Å². The zero-order valence-electron chi connectivity index (χ0n) is 18.1. The van der Waals surface area contributed by atoms with E-state index >= 15 is 0 Å². The number of pyridine rings is 1. The average molecular weight is 481 g/mol. The fourth-order valence-corrected chi connectivity index (χ4v) is 4.99. The molecule has 2 aromatic heterocycles. The van der Waals surface area contributed by atoms with E-state index in [2.05, 4.69) is 11.1 Å². The Morgan fingerprint density at radius 2 is 1.91 bits per heavy atom. The van der Waals surface area contributed by atoms with Gasteiger partial charge >= 0.3 is 10.3 Å². The number of aryl methyl sites for hydroxylation is 1. The van der Waals surface area contributed by atoms with Gasteiger partial charge in [-0.1, -0.05) is 48.9 Å². The maximum atomic E-state index is 13.0. The van der Waals surface area contributed by atoms with E-state index in [1.165, 1.54) is 10.5 Å². The van der Waals surface area contributed by atoms with Crippen molar-refractivity contribution in [2.45, 2.75) is 13.5 Å². The second-order valence-electron chi connectivity index (χ2n) is 7.42. The molecule has 4 rings (SSSR count). The van der Waals surface area contributed by atoms with Gasteiger partial charge in [0.05, 0.1) is 23.0 Å². The number of benzene rings is 2. The molecule has 0 aliphatic heterocycles. The molecule has 0 aliphatic carbocycles. The Morgan fingerprint density at radius 3 is 2.61 bits per heavy atom. The molecule has 0 aliphatic rings. The van der Waals surface area contributed by atoms with E-state index in [1.807, 2.05) is 41.9 Å². The summed E-state index contributed by atoms with van der Waals surface area (Å²) in [4.78, 5) is 4.16. The van der Waals surface area contributed by atoms with Crippen LogP contribution < -0.4 is 4.18 Å². The molecule has 0 spiro atoms. The normalized spacial score (nSPS) is 11.6. The fraction of sp³-hybridized carbons (Fsp3) is 0.167. The van der Waals surface area contributed by atoms with Gasteiger partial charge in [0.1, 0.15) is 6.07 Å². The van der Waals surface area contributed by atoms with Crippen molar-refractivity contribution in [3.63, 3.8) is 0 Å². The molecule has 2 heterocycles. The second kappa shape index (κ2) is 9.24. The summed E-state index contributed by atoms with van der Waals surface area (Å²) in [6, 6.07) is 18.4. The van der Waals surface area contributed by atoms with Crippen LogP contribution in [0.3, 0.4) is 0 Å². The minimum atomic E-state index is -4.07. The third kappa shape index (κ3) is 4.57. The first-order valence-electron chi connectivity index (χ1n) is 10.2. The Morgan fingerprint density at radius 1 is 1.15 bits per heavy atom. The van der Waals surface area contributed by atoms with Crippen LogP contribution in [0.2, 0.25) is 5.02 Å². The molecule has 2 aromatic carbocycles. The Hall–Kier alpha value is -3.38. The van der Waals surface area contributed by atoms with Gasteiger partial charge in [-0.25, -0.2) is 0 Å². The molecule has 0 atom stereocenters. The van der Waals surface area contributed by atoms with Gasteiger partial charge in [0.25, 0.3) is 0 Å². The number of nitrogens with zero attached hydrogens (tertiary/aromatic N) is 4. The predicted octanol–water partition coefficient (Wildman–Crippen LogP) is 4.91. The Kier molecular flexibility index (Phi) is 6.38. The summed E-state index contributed by atoms with van der Waals surface area (Å²) in [6.07, 6.45) is 2.90. The van der Waals surface area contributed by atoms with Crippen LogP contribution in [0.15, 0.2) is 67.0 Å². The van der Waals surface area contributed by atoms with Gasteiger partial charge in [0.15, 0.2) is 5.75 Å². The molecule has 0 N–H and O–H groups in total. The van der Waals surface area contributed by atoms with Crippen LogP contribution in [-0.2, 0) is 23.9 Å². The topological polar surface area (TPSA) is 88.2 Å². The van der Waals surface area contributed by atoms with Crippen LogP contribution in [0.1, 0.15) is 18.1 Å². The SMILES string of the molecule is CCN(Cc1ccccc1)S(=O)(=O)Oc1cncc(-c2c(C#N)c3ccc(Cl)cc3n2C)c1. The number of fused-ring (bicyclic) bond motifs is 1. The second-order valence-corrected chi connectivity index (χ2v) is 9.39. The number of halogens is 1. The molecule has 9 heteroatoms. The number of aromatic nitrogens is 2. The van der Waals surface area contributed by atoms with Gasteiger partial charge in [0.2, 0.25) is 0 Å². The van der Waals surface area contributed by atoms with Crippen molar-refractivity contribution >= 4 is 32.8 Å². The lowest BCUT2D eigenvalue weighted by Crippen LogP contribution is -2.34. The molecule has 0 unspecified atom stereocenters. The summed E-state index contributed by atoms with van der Waals surface area (Å²) in [7, 11) is -2.26. The predicted molar refractivity (Wildman–Crippen MR) is 128 cm³/mol. The van der Waals surface area contributed by atoms with Gasteiger partial charge in [-0.3, -0.25) is 4.98 Å². The Labute approximate surface area is 197 Å². The zero-order valence-corrected chi connectivity index (χ0v) is 19.6. The summed E-state index contributed by atoms with van der Waals surface area (Å²) >= 11 is 6.14. The first-order valence-corrected chi connectivity index (χ1v) is 11.9. The lowest BCUT2D eigenvalue weighted by molar-refractivity contribution is 0.361. The largest absolute Gasteiger partial charge is 0.385 e. The number of nitriles is 1. The molecule has 7 nitrogen and oxygen atoms in total. The van der Waals surface area contributed by atoms with E-state index in [-0.39, 0.29) is 18.8 Å². The molecular weight excluding hydrogens is 460 g/mol. The third-order valence-electron chi connectivity index (χ3n) is 5.33. The molecule has 33 heavy (non-hydrogen) atoms. The molecule has 168 valence electrons. The third-order valence-corrected chi connectivity index (χ3v) is 6.99. The monoisotopic (exact) mass is 480 g/mol. The minimum absolute atomic E-state index is 0.0613. The minimum Gasteiger partial charge on any atom is -0.369 e. The lowest BCUT2D eigenvalue weighted by Gasteiger charge is -2.20. The van der Waals surface area contributed by atoms with E-state index in [0.29, 0.717) is 21.8 Å². The molecule has 0 fully saturated rings. The van der Waals surface area contributed by atoms with Crippen molar-refractivity contribution in [1.29, 1.82) is 5.26 Å². The maximum Gasteiger partial charge on any atom is 0.385 e. The highest BCUT2D eigenvalue weighted by atomic mass is 35.5. The van der Waals surface area contributed by atoms with Gasteiger partial charge in [0, 0.05) is 42.3 Å². The van der Waals surface area contributed by atoms with Crippen molar-refractivity contribution in [2.75, 3.05) is 6.54 Å². The van der Waals surface area contributed by atoms with Crippen LogP contribution in [-0.4, -0.2) is 28.8 Å². The maximum absolute atomic E-state index is 13.0. The molecule has 4 aromatic rings. The lowest BCUT2D eigenvalue weighted by atomic mass is 10.1. The first kappa shape index (κ1) is 22.8. The van der Waals surface area contributed by atoms with E-state index in [9.17, 15) is 13.7 Å². The molecule has 0 saturated carbocycles. The first-order chi connectivity index (χ1) is 15.8. The quantitative estimate of drug-likeness (QED) is 0.375. The summed E-state index contributed by atoms with van der Waals surface area (Å²) < 4.78 is 34.4. The highest BCUT2D eigenvalue weighted by Gasteiger charge is 2.24. The summed E-state index contributed by atoms with van der Waals surface area (Å²) in [5, 5.41) is 11.1.